The predicted octanol–water partition coefficient (Wildman–Crippen LogP) is 16.4. The van der Waals surface area contributed by atoms with Gasteiger partial charge < -0.3 is 24.2 Å². The summed E-state index contributed by atoms with van der Waals surface area (Å²) >= 11 is 0. The molecule has 0 heterocycles. The van der Waals surface area contributed by atoms with E-state index in [9.17, 15) is 28.9 Å². The molecule has 11 nitrogen and oxygen atoms in total. The molecule has 0 spiro atoms. The van der Waals surface area contributed by atoms with Crippen molar-refractivity contribution in [2.24, 2.45) is 0 Å². The van der Waals surface area contributed by atoms with Crippen LogP contribution in [0.15, 0.2) is 60.8 Å². The maximum Gasteiger partial charge on any atom is 0.472 e. The first-order chi connectivity index (χ1) is 34.2. The number of aliphatic hydroxyl groups is 1. The van der Waals surface area contributed by atoms with Gasteiger partial charge in [0.1, 0.15) is 12.7 Å². The Hall–Kier alpha value is -2.82. The van der Waals surface area contributed by atoms with E-state index in [2.05, 4.69) is 63.3 Å². The summed E-state index contributed by atoms with van der Waals surface area (Å²) < 4.78 is 39.3. The summed E-state index contributed by atoms with van der Waals surface area (Å²) in [6, 6.07) is 0. The third kappa shape index (κ3) is 50.1. The molecule has 406 valence electrons. The molecule has 0 aromatic rings. The third-order valence-electron chi connectivity index (χ3n) is 12.0. The molecule has 0 saturated carbocycles. The Morgan fingerprint density at radius 1 is 0.414 bits per heavy atom. The van der Waals surface area contributed by atoms with E-state index in [1.165, 1.54) is 128 Å². The normalized spacial score (nSPS) is 13.8. The van der Waals surface area contributed by atoms with Crippen molar-refractivity contribution in [3.05, 3.63) is 60.8 Å². The number of esters is 3. The molecule has 0 rings (SSSR count). The highest BCUT2D eigenvalue weighted by Crippen LogP contribution is 2.43. The highest BCUT2D eigenvalue weighted by atomic mass is 31.2. The fourth-order valence-corrected chi connectivity index (χ4v) is 8.51. The van der Waals surface area contributed by atoms with E-state index < -0.39 is 57.8 Å². The van der Waals surface area contributed by atoms with E-state index in [0.29, 0.717) is 19.3 Å². The Bertz CT molecular complexity index is 1410. The summed E-state index contributed by atoms with van der Waals surface area (Å²) in [6.45, 7) is 4.41. The molecule has 0 aliphatic heterocycles. The first kappa shape index (κ1) is 67.2. The topological polar surface area (TPSA) is 155 Å². The number of unbranched alkanes of at least 4 members (excludes halogenated alkanes) is 26. The molecule has 0 saturated heterocycles. The number of rotatable bonds is 52. The van der Waals surface area contributed by atoms with Crippen molar-refractivity contribution in [3.63, 3.8) is 0 Å². The Kier molecular flexibility index (Phi) is 50.4. The second kappa shape index (κ2) is 52.5. The molecule has 3 unspecified atom stereocenters. The van der Waals surface area contributed by atoms with Gasteiger partial charge in [0.2, 0.25) is 0 Å². The molecule has 0 aromatic carbocycles. The fraction of sp³-hybridized carbons (Fsp3) is 0.776. The molecule has 0 fully saturated rings. The lowest BCUT2D eigenvalue weighted by molar-refractivity contribution is -0.160. The number of ether oxygens (including phenoxy) is 3. The minimum absolute atomic E-state index is 0.0623. The zero-order valence-corrected chi connectivity index (χ0v) is 45.6. The number of phosphoric ester groups is 1. The van der Waals surface area contributed by atoms with Crippen molar-refractivity contribution in [2.75, 3.05) is 26.4 Å². The quantitative estimate of drug-likeness (QED) is 0.0197. The van der Waals surface area contributed by atoms with Gasteiger partial charge in [0.25, 0.3) is 0 Å². The SMILES string of the molecule is CC/C=C\C/C=C\C/C=C\C/C=C\C/C=C\CC(=O)OC(COC(=O)CCCCCCCCCCCCCCCCCCCCC)COP(=O)(O)OCC(CO)OC(=O)CCCCCCCCCCC. The van der Waals surface area contributed by atoms with Crippen LogP contribution in [0.25, 0.3) is 0 Å². The lowest BCUT2D eigenvalue weighted by atomic mass is 10.0. The van der Waals surface area contributed by atoms with Gasteiger partial charge in [-0.15, -0.1) is 0 Å². The van der Waals surface area contributed by atoms with Crippen molar-refractivity contribution in [2.45, 2.75) is 264 Å². The van der Waals surface area contributed by atoms with Crippen molar-refractivity contribution in [1.29, 1.82) is 0 Å². The van der Waals surface area contributed by atoms with Crippen LogP contribution in [-0.2, 0) is 42.2 Å². The maximum absolute atomic E-state index is 12.8. The molecule has 0 bridgehead atoms. The molecule has 0 radical (unpaired) electrons. The highest BCUT2D eigenvalue weighted by Gasteiger charge is 2.28. The Morgan fingerprint density at radius 2 is 0.743 bits per heavy atom. The van der Waals surface area contributed by atoms with Crippen LogP contribution in [0.1, 0.15) is 252 Å². The number of carbonyl (C=O) groups is 3. The minimum atomic E-state index is -4.76. The number of aliphatic hydroxyl groups excluding tert-OH is 1. The number of hydrogen-bond donors (Lipinski definition) is 2. The highest BCUT2D eigenvalue weighted by molar-refractivity contribution is 7.47. The standard InChI is InChI=1S/C58H103O11P/c1-4-7-10-13-16-19-21-23-25-26-27-28-30-31-33-36-38-41-44-47-56(60)65-51-55(69-58(62)49-46-43-40-37-34-32-29-24-22-20-17-14-11-8-5-2)53-67-70(63,64)66-52-54(50-59)68-57(61)48-45-42-39-35-18-15-12-9-6-3/h8,11,17,20,24,29,34,37,43,46,54-55,59H,4-7,9-10,12-16,18-19,21-23,25-28,30-33,35-36,38-42,44-45,47-53H2,1-3H3,(H,63,64)/b11-8-,20-17-,29-24-,37-34-,46-43-. The lowest BCUT2D eigenvalue weighted by Crippen LogP contribution is -2.30. The first-order valence-electron chi connectivity index (χ1n) is 28.2. The average Bonchev–Trinajstić information content (AvgIpc) is 3.35. The van der Waals surface area contributed by atoms with Crippen molar-refractivity contribution < 1.29 is 52.2 Å². The van der Waals surface area contributed by atoms with Crippen molar-refractivity contribution in [1.82, 2.24) is 0 Å². The van der Waals surface area contributed by atoms with Gasteiger partial charge in [0, 0.05) is 12.8 Å². The van der Waals surface area contributed by atoms with Gasteiger partial charge in [-0.3, -0.25) is 23.4 Å². The summed E-state index contributed by atoms with van der Waals surface area (Å²) in [5, 5.41) is 9.76. The van der Waals surface area contributed by atoms with Gasteiger partial charge in [0.05, 0.1) is 26.2 Å². The Morgan fingerprint density at radius 3 is 1.13 bits per heavy atom. The lowest BCUT2D eigenvalue weighted by Gasteiger charge is -2.21. The smallest absolute Gasteiger partial charge is 0.462 e. The zero-order chi connectivity index (χ0) is 51.3. The van der Waals surface area contributed by atoms with Gasteiger partial charge in [-0.25, -0.2) is 4.57 Å². The van der Waals surface area contributed by atoms with Crippen molar-refractivity contribution in [3.8, 4) is 0 Å². The van der Waals surface area contributed by atoms with Crippen molar-refractivity contribution >= 4 is 25.7 Å². The predicted molar refractivity (Wildman–Crippen MR) is 288 cm³/mol. The molecule has 3 atom stereocenters. The van der Waals surface area contributed by atoms with Crippen LogP contribution in [0.4, 0.5) is 0 Å². The van der Waals surface area contributed by atoms with Crippen LogP contribution in [0.3, 0.4) is 0 Å². The van der Waals surface area contributed by atoms with Crippen LogP contribution in [-0.4, -0.2) is 66.5 Å². The fourth-order valence-electron chi connectivity index (χ4n) is 7.73. The van der Waals surface area contributed by atoms with Gasteiger partial charge in [-0.05, 0) is 44.9 Å². The largest absolute Gasteiger partial charge is 0.472 e. The third-order valence-corrected chi connectivity index (χ3v) is 12.9. The Labute approximate surface area is 427 Å². The zero-order valence-electron chi connectivity index (χ0n) is 44.7. The molecular formula is C58H103O11P. The minimum Gasteiger partial charge on any atom is -0.462 e. The van der Waals surface area contributed by atoms with E-state index in [0.717, 1.165) is 64.2 Å². The monoisotopic (exact) mass is 1010 g/mol. The molecule has 0 aliphatic rings. The number of hydrogen-bond acceptors (Lipinski definition) is 10. The number of allylic oxidation sites excluding steroid dienone is 9. The Balaban J connectivity index is 4.77. The molecule has 12 heteroatoms. The van der Waals surface area contributed by atoms with Crippen LogP contribution in [0.5, 0.6) is 0 Å². The molecule has 0 amide bonds. The molecule has 2 N–H and O–H groups in total. The first-order valence-corrected chi connectivity index (χ1v) is 29.7. The summed E-state index contributed by atoms with van der Waals surface area (Å²) in [5.41, 5.74) is 0. The van der Waals surface area contributed by atoms with Crippen LogP contribution in [0, 0.1) is 0 Å². The van der Waals surface area contributed by atoms with E-state index in [-0.39, 0.29) is 25.9 Å². The van der Waals surface area contributed by atoms with Crippen LogP contribution >= 0.6 is 7.82 Å². The van der Waals surface area contributed by atoms with E-state index in [1.54, 1.807) is 6.08 Å². The average molecular weight is 1010 g/mol. The molecule has 70 heavy (non-hydrogen) atoms. The molecule has 0 aliphatic carbocycles. The second-order valence-corrected chi connectivity index (χ2v) is 20.2. The van der Waals surface area contributed by atoms with Gasteiger partial charge >= 0.3 is 25.7 Å². The number of phosphoric acid groups is 1. The second-order valence-electron chi connectivity index (χ2n) is 18.8. The summed E-state index contributed by atoms with van der Waals surface area (Å²) in [5.74, 6) is -1.61. The molecular weight excluding hydrogens is 904 g/mol. The maximum atomic E-state index is 12.8. The van der Waals surface area contributed by atoms with Gasteiger partial charge in [0.15, 0.2) is 6.10 Å². The summed E-state index contributed by atoms with van der Waals surface area (Å²) in [4.78, 5) is 48.3. The van der Waals surface area contributed by atoms with Gasteiger partial charge in [-0.2, -0.15) is 0 Å². The van der Waals surface area contributed by atoms with Gasteiger partial charge in [-0.1, -0.05) is 248 Å². The van der Waals surface area contributed by atoms with Crippen LogP contribution in [0.2, 0.25) is 0 Å². The summed E-state index contributed by atoms with van der Waals surface area (Å²) in [6.07, 6.45) is 56.6. The van der Waals surface area contributed by atoms with E-state index in [1.807, 2.05) is 12.2 Å². The van der Waals surface area contributed by atoms with E-state index >= 15 is 0 Å². The summed E-state index contributed by atoms with van der Waals surface area (Å²) in [7, 11) is -4.76. The number of carbonyl (C=O) groups excluding carboxylic acids is 3. The van der Waals surface area contributed by atoms with Crippen LogP contribution < -0.4 is 0 Å². The van der Waals surface area contributed by atoms with E-state index in [4.69, 9.17) is 23.3 Å². The molecule has 0 aromatic heterocycles.